The van der Waals surface area contributed by atoms with Crippen LogP contribution >= 0.6 is 0 Å². The third kappa shape index (κ3) is 4.02. The zero-order chi connectivity index (χ0) is 18.5. The van der Waals surface area contributed by atoms with E-state index in [1.54, 1.807) is 31.4 Å². The summed E-state index contributed by atoms with van der Waals surface area (Å²) >= 11 is 0. The molecule has 26 heavy (non-hydrogen) atoms. The van der Waals surface area contributed by atoms with Crippen molar-refractivity contribution in [2.24, 2.45) is 0 Å². The Hall–Kier alpha value is -2.87. The maximum absolute atomic E-state index is 12.7. The molecule has 0 saturated carbocycles. The van der Waals surface area contributed by atoms with Crippen LogP contribution in [0.3, 0.4) is 0 Å². The Morgan fingerprint density at radius 2 is 1.92 bits per heavy atom. The first-order valence-electron chi connectivity index (χ1n) is 8.32. The number of hydrogen-bond donors (Lipinski definition) is 1. The molecule has 2 aromatic rings. The number of anilines is 2. The van der Waals surface area contributed by atoms with Crippen LogP contribution in [0.25, 0.3) is 0 Å². The lowest BCUT2D eigenvalue weighted by molar-refractivity contribution is 0.102. The summed E-state index contributed by atoms with van der Waals surface area (Å²) in [5.41, 5.74) is 1.58. The first kappa shape index (κ1) is 17.9. The molecule has 8 nitrogen and oxygen atoms in total. The second-order valence-corrected chi connectivity index (χ2v) is 5.81. The van der Waals surface area contributed by atoms with Gasteiger partial charge >= 0.3 is 0 Å². The van der Waals surface area contributed by atoms with Crippen molar-refractivity contribution in [2.75, 3.05) is 50.7 Å². The summed E-state index contributed by atoms with van der Waals surface area (Å²) in [7, 11) is 3.11. The highest BCUT2D eigenvalue weighted by Crippen LogP contribution is 2.29. The number of amides is 1. The Morgan fingerprint density at radius 3 is 2.62 bits per heavy atom. The van der Waals surface area contributed by atoms with Gasteiger partial charge in [-0.3, -0.25) is 4.79 Å². The Bertz CT molecular complexity index is 791. The number of carbonyl (C=O) groups excluding carboxylic acids is 1. The van der Waals surface area contributed by atoms with E-state index >= 15 is 0 Å². The fraction of sp³-hybridized carbons (Fsp3) is 0.389. The molecule has 1 amide bonds. The van der Waals surface area contributed by atoms with Crippen LogP contribution in [0.2, 0.25) is 0 Å². The summed E-state index contributed by atoms with van der Waals surface area (Å²) < 4.78 is 15.8. The summed E-state index contributed by atoms with van der Waals surface area (Å²) in [6.45, 7) is 4.51. The van der Waals surface area contributed by atoms with Gasteiger partial charge in [-0.05, 0) is 25.1 Å². The molecule has 2 heterocycles. The van der Waals surface area contributed by atoms with Crippen LogP contribution in [0, 0.1) is 6.92 Å². The van der Waals surface area contributed by atoms with Crippen LogP contribution in [0.4, 0.5) is 11.6 Å². The highest BCUT2D eigenvalue weighted by Gasteiger charge is 2.18. The molecule has 1 fully saturated rings. The standard InChI is InChI=1S/C18H22N4O4/c1-12-10-15(21-18(19-12)22-6-8-26-9-7-22)17(23)20-14-5-4-13(24-2)11-16(14)25-3/h4-5,10-11H,6-9H2,1-3H3,(H,20,23). The SMILES string of the molecule is COc1ccc(NC(=O)c2cc(C)nc(N3CCOCC3)n2)c(OC)c1. The van der Waals surface area contributed by atoms with E-state index in [9.17, 15) is 4.79 Å². The Morgan fingerprint density at radius 1 is 1.15 bits per heavy atom. The number of morpholine rings is 1. The van der Waals surface area contributed by atoms with Gasteiger partial charge in [-0.25, -0.2) is 9.97 Å². The molecule has 1 aliphatic rings. The zero-order valence-electron chi connectivity index (χ0n) is 15.1. The second kappa shape index (κ2) is 8.01. The molecular weight excluding hydrogens is 336 g/mol. The van der Waals surface area contributed by atoms with Crippen LogP contribution in [0.15, 0.2) is 24.3 Å². The molecule has 0 atom stereocenters. The summed E-state index contributed by atoms with van der Waals surface area (Å²) in [5, 5.41) is 2.83. The van der Waals surface area contributed by atoms with Gasteiger partial charge < -0.3 is 24.4 Å². The second-order valence-electron chi connectivity index (χ2n) is 5.81. The number of nitrogens with one attached hydrogen (secondary N) is 1. The minimum Gasteiger partial charge on any atom is -0.497 e. The van der Waals surface area contributed by atoms with E-state index in [4.69, 9.17) is 14.2 Å². The van der Waals surface area contributed by atoms with Gasteiger partial charge in [-0.15, -0.1) is 0 Å². The fourth-order valence-electron chi connectivity index (χ4n) is 2.66. The van der Waals surface area contributed by atoms with Crippen LogP contribution in [-0.2, 0) is 4.74 Å². The van der Waals surface area contributed by atoms with Gasteiger partial charge in [0.25, 0.3) is 5.91 Å². The lowest BCUT2D eigenvalue weighted by Gasteiger charge is -2.27. The number of ether oxygens (including phenoxy) is 3. The first-order chi connectivity index (χ1) is 12.6. The third-order valence-electron chi connectivity index (χ3n) is 4.03. The van der Waals surface area contributed by atoms with Crippen molar-refractivity contribution < 1.29 is 19.0 Å². The lowest BCUT2D eigenvalue weighted by Crippen LogP contribution is -2.37. The number of carbonyl (C=O) groups is 1. The largest absolute Gasteiger partial charge is 0.497 e. The number of nitrogens with zero attached hydrogens (tertiary/aromatic N) is 3. The minimum absolute atomic E-state index is 0.303. The molecule has 8 heteroatoms. The van der Waals surface area contributed by atoms with Crippen molar-refractivity contribution in [1.29, 1.82) is 0 Å². The summed E-state index contributed by atoms with van der Waals surface area (Å²) in [6, 6.07) is 6.85. The summed E-state index contributed by atoms with van der Waals surface area (Å²) in [4.78, 5) is 23.6. The van der Waals surface area contributed by atoms with E-state index in [1.807, 2.05) is 11.8 Å². The zero-order valence-corrected chi connectivity index (χ0v) is 15.1. The molecule has 0 unspecified atom stereocenters. The Kier molecular flexibility index (Phi) is 5.52. The monoisotopic (exact) mass is 358 g/mol. The predicted molar refractivity (Wildman–Crippen MR) is 97.3 cm³/mol. The topological polar surface area (TPSA) is 85.8 Å². The van der Waals surface area contributed by atoms with Crippen molar-refractivity contribution in [3.05, 3.63) is 35.7 Å². The van der Waals surface area contributed by atoms with E-state index in [2.05, 4.69) is 15.3 Å². The van der Waals surface area contributed by atoms with Gasteiger partial charge in [0.05, 0.1) is 33.1 Å². The smallest absolute Gasteiger partial charge is 0.274 e. The molecule has 3 rings (SSSR count). The van der Waals surface area contributed by atoms with Crippen molar-refractivity contribution in [3.8, 4) is 11.5 Å². The molecule has 0 aliphatic carbocycles. The number of aromatic nitrogens is 2. The quantitative estimate of drug-likeness (QED) is 0.873. The van der Waals surface area contributed by atoms with Gasteiger partial charge in [-0.2, -0.15) is 0 Å². The minimum atomic E-state index is -0.325. The van der Waals surface area contributed by atoms with Gasteiger partial charge in [0.15, 0.2) is 0 Å². The van der Waals surface area contributed by atoms with E-state index in [0.29, 0.717) is 55.1 Å². The molecule has 1 aliphatic heterocycles. The summed E-state index contributed by atoms with van der Waals surface area (Å²) in [6.07, 6.45) is 0. The highest BCUT2D eigenvalue weighted by molar-refractivity contribution is 6.04. The Labute approximate surface area is 152 Å². The van der Waals surface area contributed by atoms with Crippen LogP contribution in [0.5, 0.6) is 11.5 Å². The Balaban J connectivity index is 1.82. The summed E-state index contributed by atoms with van der Waals surface area (Å²) in [5.74, 6) is 1.37. The van der Waals surface area contributed by atoms with Crippen molar-refractivity contribution >= 4 is 17.5 Å². The fourth-order valence-corrected chi connectivity index (χ4v) is 2.66. The maximum Gasteiger partial charge on any atom is 0.274 e. The number of rotatable bonds is 5. The normalized spacial score (nSPS) is 14.0. The van der Waals surface area contributed by atoms with E-state index in [-0.39, 0.29) is 5.91 Å². The van der Waals surface area contributed by atoms with Gasteiger partial charge in [0.1, 0.15) is 17.2 Å². The number of benzene rings is 1. The van der Waals surface area contributed by atoms with Crippen molar-refractivity contribution in [1.82, 2.24) is 9.97 Å². The van der Waals surface area contributed by atoms with Crippen LogP contribution in [0.1, 0.15) is 16.2 Å². The van der Waals surface area contributed by atoms with E-state index in [1.165, 1.54) is 7.11 Å². The molecule has 1 aromatic carbocycles. The molecule has 138 valence electrons. The molecule has 0 spiro atoms. The van der Waals surface area contributed by atoms with Crippen molar-refractivity contribution in [3.63, 3.8) is 0 Å². The van der Waals surface area contributed by atoms with Gasteiger partial charge in [0.2, 0.25) is 5.95 Å². The number of methoxy groups -OCH3 is 2. The molecule has 1 saturated heterocycles. The molecular formula is C18H22N4O4. The van der Waals surface area contributed by atoms with Gasteiger partial charge in [0, 0.05) is 24.8 Å². The van der Waals surface area contributed by atoms with Crippen LogP contribution < -0.4 is 19.7 Å². The first-order valence-corrected chi connectivity index (χ1v) is 8.32. The van der Waals surface area contributed by atoms with E-state index < -0.39 is 0 Å². The average Bonchev–Trinajstić information content (AvgIpc) is 2.68. The number of aryl methyl sites for hydroxylation is 1. The predicted octanol–water partition coefficient (Wildman–Crippen LogP) is 1.89. The van der Waals surface area contributed by atoms with Crippen LogP contribution in [-0.4, -0.2) is 56.4 Å². The lowest BCUT2D eigenvalue weighted by atomic mass is 10.2. The highest BCUT2D eigenvalue weighted by atomic mass is 16.5. The average molecular weight is 358 g/mol. The molecule has 1 aromatic heterocycles. The number of hydrogen-bond acceptors (Lipinski definition) is 7. The van der Waals surface area contributed by atoms with Gasteiger partial charge in [-0.1, -0.05) is 0 Å². The molecule has 1 N–H and O–H groups in total. The van der Waals surface area contributed by atoms with E-state index in [0.717, 1.165) is 5.69 Å². The molecule has 0 radical (unpaired) electrons. The van der Waals surface area contributed by atoms with Crippen molar-refractivity contribution in [2.45, 2.75) is 6.92 Å². The molecule has 0 bridgehead atoms. The third-order valence-corrected chi connectivity index (χ3v) is 4.03. The maximum atomic E-state index is 12.7.